The van der Waals surface area contributed by atoms with Crippen molar-refractivity contribution in [3.63, 3.8) is 0 Å². The average molecular weight is 123 g/mol. The lowest BCUT2D eigenvalue weighted by molar-refractivity contribution is 0.649. The number of nitrogens with zero attached hydrogens (tertiary/aromatic N) is 3. The van der Waals surface area contributed by atoms with Gasteiger partial charge in [-0.25, -0.2) is 9.98 Å². The van der Waals surface area contributed by atoms with Gasteiger partial charge in [0, 0.05) is 0 Å². The fraction of sp³-hybridized carbons (Fsp3) is 0.250. The Balaban J connectivity index is 2.42. The third-order valence-electron chi connectivity index (χ3n) is 0.774. The van der Waals surface area contributed by atoms with E-state index in [1.807, 2.05) is 0 Å². The molecule has 0 fully saturated rings. The molecule has 2 N–H and O–H groups in total. The molecule has 0 aliphatic carbocycles. The van der Waals surface area contributed by atoms with E-state index in [1.165, 1.54) is 12.7 Å². The van der Waals surface area contributed by atoms with Crippen molar-refractivity contribution in [1.82, 2.24) is 10.6 Å². The van der Waals surface area contributed by atoms with Crippen molar-refractivity contribution in [2.75, 3.05) is 0 Å². The normalized spacial score (nSPS) is 16.3. The molecule has 0 spiro atoms. The maximum absolute atomic E-state index is 8.09. The van der Waals surface area contributed by atoms with Gasteiger partial charge in [-0.3, -0.25) is 5.32 Å². The summed E-state index contributed by atoms with van der Waals surface area (Å²) in [7, 11) is 0. The molecule has 0 aromatic rings. The number of aliphatic imine (C=N–C) groups is 2. The molecule has 0 saturated heterocycles. The fourth-order valence-electron chi connectivity index (χ4n) is 0.431. The number of nitriles is 1. The predicted octanol–water partition coefficient (Wildman–Crippen LogP) is -1.000. The van der Waals surface area contributed by atoms with E-state index in [1.54, 1.807) is 6.19 Å². The first-order valence-electron chi connectivity index (χ1n) is 2.37. The summed E-state index contributed by atoms with van der Waals surface area (Å²) in [5, 5.41) is 13.1. The first-order valence-corrected chi connectivity index (χ1v) is 2.37. The minimum absolute atomic E-state index is 0.434. The summed E-state index contributed by atoms with van der Waals surface area (Å²) >= 11 is 0. The monoisotopic (exact) mass is 123 g/mol. The quantitative estimate of drug-likeness (QED) is 0.347. The molecule has 1 heterocycles. The van der Waals surface area contributed by atoms with Crippen LogP contribution in [-0.4, -0.2) is 19.0 Å². The Bertz CT molecular complexity index is 164. The van der Waals surface area contributed by atoms with Crippen molar-refractivity contribution < 1.29 is 0 Å². The van der Waals surface area contributed by atoms with Crippen LogP contribution < -0.4 is 10.6 Å². The highest BCUT2D eigenvalue weighted by Gasteiger charge is 1.99. The Labute approximate surface area is 52.1 Å². The molecule has 5 nitrogen and oxygen atoms in total. The zero-order valence-electron chi connectivity index (χ0n) is 4.57. The third-order valence-corrected chi connectivity index (χ3v) is 0.774. The fourth-order valence-corrected chi connectivity index (χ4v) is 0.431. The van der Waals surface area contributed by atoms with Crippen LogP contribution in [0.15, 0.2) is 9.98 Å². The van der Waals surface area contributed by atoms with Gasteiger partial charge < -0.3 is 5.32 Å². The van der Waals surface area contributed by atoms with Gasteiger partial charge in [0.1, 0.15) is 0 Å². The summed E-state index contributed by atoms with van der Waals surface area (Å²) in [4.78, 5) is 7.50. The van der Waals surface area contributed by atoms with Crippen LogP contribution in [0.25, 0.3) is 0 Å². The Hall–Kier alpha value is -1.57. The smallest absolute Gasteiger partial charge is 0.225 e. The van der Waals surface area contributed by atoms with Crippen LogP contribution in [0, 0.1) is 11.5 Å². The van der Waals surface area contributed by atoms with Crippen LogP contribution in [0.3, 0.4) is 0 Å². The van der Waals surface area contributed by atoms with Crippen LogP contribution in [0.2, 0.25) is 0 Å². The molecular weight excluding hydrogens is 118 g/mol. The molecule has 0 unspecified atom stereocenters. The minimum Gasteiger partial charge on any atom is -0.338 e. The molecular formula is C4H5N5. The highest BCUT2D eigenvalue weighted by molar-refractivity contribution is 5.76. The van der Waals surface area contributed by atoms with Crippen molar-refractivity contribution in [3.8, 4) is 6.19 Å². The van der Waals surface area contributed by atoms with Crippen LogP contribution >= 0.6 is 0 Å². The second kappa shape index (κ2) is 2.67. The number of hydrogen-bond acceptors (Lipinski definition) is 5. The molecule has 0 atom stereocenters. The molecule has 0 saturated carbocycles. The van der Waals surface area contributed by atoms with Crippen molar-refractivity contribution in [2.24, 2.45) is 9.98 Å². The predicted molar refractivity (Wildman–Crippen MR) is 32.7 cm³/mol. The summed E-state index contributed by atoms with van der Waals surface area (Å²) in [5.41, 5.74) is 0. The maximum Gasteiger partial charge on any atom is 0.225 e. The van der Waals surface area contributed by atoms with Gasteiger partial charge in [0.25, 0.3) is 0 Å². The molecule has 0 bridgehead atoms. The number of hydrogen-bond donors (Lipinski definition) is 2. The van der Waals surface area contributed by atoms with Gasteiger partial charge in [-0.15, -0.1) is 0 Å². The number of nitrogens with one attached hydrogen (secondary N) is 2. The third kappa shape index (κ3) is 1.42. The standard InChI is InChI=1S/C4H5N5/c5-1-7-4-8-2-6-3-9-4/h2-4,7H,(H,6,8,9). The first kappa shape index (κ1) is 5.56. The molecule has 0 aromatic carbocycles. The van der Waals surface area contributed by atoms with E-state index in [0.29, 0.717) is 0 Å². The SMILES string of the molecule is N#CNC1N=CNC=N1. The van der Waals surface area contributed by atoms with E-state index in [-0.39, 0.29) is 0 Å². The van der Waals surface area contributed by atoms with Gasteiger partial charge in [-0.05, 0) is 0 Å². The van der Waals surface area contributed by atoms with Crippen molar-refractivity contribution in [2.45, 2.75) is 6.29 Å². The highest BCUT2D eigenvalue weighted by Crippen LogP contribution is 1.85. The molecule has 1 aliphatic rings. The minimum atomic E-state index is -0.434. The van der Waals surface area contributed by atoms with E-state index in [0.717, 1.165) is 0 Å². The van der Waals surface area contributed by atoms with E-state index in [9.17, 15) is 0 Å². The molecule has 9 heavy (non-hydrogen) atoms. The van der Waals surface area contributed by atoms with Crippen molar-refractivity contribution in [1.29, 1.82) is 5.26 Å². The van der Waals surface area contributed by atoms with Gasteiger partial charge >= 0.3 is 0 Å². The van der Waals surface area contributed by atoms with E-state index < -0.39 is 6.29 Å². The topological polar surface area (TPSA) is 72.6 Å². The Morgan fingerprint density at radius 3 is 2.78 bits per heavy atom. The molecule has 1 rings (SSSR count). The molecule has 1 aliphatic heterocycles. The molecule has 0 radical (unpaired) electrons. The largest absolute Gasteiger partial charge is 0.338 e. The van der Waals surface area contributed by atoms with Crippen LogP contribution in [0.5, 0.6) is 0 Å². The summed E-state index contributed by atoms with van der Waals surface area (Å²) in [5.74, 6) is 0. The van der Waals surface area contributed by atoms with E-state index >= 15 is 0 Å². The van der Waals surface area contributed by atoms with Crippen LogP contribution in [0.1, 0.15) is 0 Å². The molecule has 46 valence electrons. The van der Waals surface area contributed by atoms with E-state index in [4.69, 9.17) is 5.26 Å². The van der Waals surface area contributed by atoms with Gasteiger partial charge in [0.15, 0.2) is 6.19 Å². The maximum atomic E-state index is 8.09. The molecule has 5 heteroatoms. The highest BCUT2D eigenvalue weighted by atomic mass is 15.3. The average Bonchev–Trinajstić information content (AvgIpc) is 1.91. The number of rotatable bonds is 1. The zero-order valence-corrected chi connectivity index (χ0v) is 4.57. The van der Waals surface area contributed by atoms with Crippen LogP contribution in [0.4, 0.5) is 0 Å². The Morgan fingerprint density at radius 2 is 2.22 bits per heavy atom. The van der Waals surface area contributed by atoms with E-state index in [2.05, 4.69) is 20.6 Å². The molecule has 0 amide bonds. The Morgan fingerprint density at radius 1 is 1.56 bits per heavy atom. The van der Waals surface area contributed by atoms with Gasteiger partial charge in [-0.2, -0.15) is 5.26 Å². The second-order valence-corrected chi connectivity index (χ2v) is 1.35. The van der Waals surface area contributed by atoms with Crippen molar-refractivity contribution >= 4 is 12.7 Å². The van der Waals surface area contributed by atoms with Gasteiger partial charge in [0.05, 0.1) is 12.7 Å². The summed E-state index contributed by atoms with van der Waals surface area (Å²) < 4.78 is 0. The first-order chi connectivity index (χ1) is 4.43. The second-order valence-electron chi connectivity index (χ2n) is 1.35. The van der Waals surface area contributed by atoms with Gasteiger partial charge in [-0.1, -0.05) is 0 Å². The van der Waals surface area contributed by atoms with Gasteiger partial charge in [0.2, 0.25) is 6.29 Å². The lowest BCUT2D eigenvalue weighted by Gasteiger charge is -2.06. The summed E-state index contributed by atoms with van der Waals surface area (Å²) in [6.07, 6.45) is 4.25. The summed E-state index contributed by atoms with van der Waals surface area (Å²) in [6.45, 7) is 0. The zero-order chi connectivity index (χ0) is 6.53. The lowest BCUT2D eigenvalue weighted by atomic mass is 10.8. The lowest BCUT2D eigenvalue weighted by Crippen LogP contribution is -2.27. The Kier molecular flexibility index (Phi) is 1.65. The molecule has 0 aromatic heterocycles. The van der Waals surface area contributed by atoms with Crippen molar-refractivity contribution in [3.05, 3.63) is 0 Å². The summed E-state index contributed by atoms with van der Waals surface area (Å²) in [6, 6.07) is 0. The van der Waals surface area contributed by atoms with Crippen LogP contribution in [-0.2, 0) is 0 Å².